The normalized spacial score (nSPS) is 18.0. The van der Waals surface area contributed by atoms with Gasteiger partial charge in [-0.1, -0.05) is 17.3 Å². The molecule has 0 saturated carbocycles. The van der Waals surface area contributed by atoms with Crippen molar-refractivity contribution in [2.75, 3.05) is 20.2 Å². The summed E-state index contributed by atoms with van der Waals surface area (Å²) in [5, 5.41) is 6.46. The maximum Gasteiger partial charge on any atom is 0.416 e. The molecule has 1 fully saturated rings. The van der Waals surface area contributed by atoms with Gasteiger partial charge in [-0.25, -0.2) is 0 Å². The predicted molar refractivity (Wildman–Crippen MR) is 88.6 cm³/mol. The van der Waals surface area contributed by atoms with Crippen molar-refractivity contribution in [1.82, 2.24) is 20.4 Å². The highest BCUT2D eigenvalue weighted by Crippen LogP contribution is 2.30. The number of halogens is 3. The van der Waals surface area contributed by atoms with E-state index in [1.165, 1.54) is 19.2 Å². The fourth-order valence-electron chi connectivity index (χ4n) is 2.83. The van der Waals surface area contributed by atoms with Gasteiger partial charge in [-0.05, 0) is 12.1 Å². The lowest BCUT2D eigenvalue weighted by molar-refractivity contribution is -0.146. The zero-order valence-corrected chi connectivity index (χ0v) is 14.8. The summed E-state index contributed by atoms with van der Waals surface area (Å²) in [6.07, 6.45) is -4.55. The molecule has 1 aliphatic rings. The van der Waals surface area contributed by atoms with E-state index in [2.05, 4.69) is 20.2 Å². The van der Waals surface area contributed by atoms with Gasteiger partial charge in [0.2, 0.25) is 17.6 Å². The number of methoxy groups -OCH3 is 1. The summed E-state index contributed by atoms with van der Waals surface area (Å²) in [5.74, 6) is -0.517. The molecule has 1 N–H and O–H groups in total. The van der Waals surface area contributed by atoms with Crippen LogP contribution in [-0.2, 0) is 27.0 Å². The topological polar surface area (TPSA) is 97.6 Å². The van der Waals surface area contributed by atoms with Crippen LogP contribution in [0.15, 0.2) is 28.8 Å². The van der Waals surface area contributed by atoms with Crippen molar-refractivity contribution in [2.24, 2.45) is 0 Å². The van der Waals surface area contributed by atoms with Crippen LogP contribution < -0.4 is 5.32 Å². The lowest BCUT2D eigenvalue weighted by Gasteiger charge is -2.33. The molecular formula is C17H17F3N4O4. The molecule has 1 atom stereocenters. The number of piperazine rings is 1. The summed E-state index contributed by atoms with van der Waals surface area (Å²) in [4.78, 5) is 29.5. The van der Waals surface area contributed by atoms with E-state index in [9.17, 15) is 22.8 Å². The number of hydrogen-bond donors (Lipinski definition) is 1. The molecule has 11 heteroatoms. The van der Waals surface area contributed by atoms with Crippen LogP contribution in [0, 0.1) is 0 Å². The van der Waals surface area contributed by atoms with Crippen molar-refractivity contribution in [1.29, 1.82) is 0 Å². The van der Waals surface area contributed by atoms with Crippen molar-refractivity contribution in [3.8, 4) is 11.4 Å². The molecular weight excluding hydrogens is 381 g/mol. The number of hydrogen-bond acceptors (Lipinski definition) is 7. The third kappa shape index (κ3) is 4.47. The first-order valence-electron chi connectivity index (χ1n) is 8.36. The van der Waals surface area contributed by atoms with Gasteiger partial charge in [0, 0.05) is 18.7 Å². The van der Waals surface area contributed by atoms with Crippen molar-refractivity contribution >= 4 is 11.9 Å². The Kier molecular flexibility index (Phi) is 5.63. The van der Waals surface area contributed by atoms with E-state index in [-0.39, 0.29) is 30.6 Å². The molecule has 28 heavy (non-hydrogen) atoms. The van der Waals surface area contributed by atoms with Gasteiger partial charge >= 0.3 is 12.1 Å². The Morgan fingerprint density at radius 1 is 1.36 bits per heavy atom. The quantitative estimate of drug-likeness (QED) is 0.765. The van der Waals surface area contributed by atoms with E-state index in [1.54, 1.807) is 4.90 Å². The molecule has 1 aromatic carbocycles. The van der Waals surface area contributed by atoms with E-state index >= 15 is 0 Å². The van der Waals surface area contributed by atoms with Crippen molar-refractivity contribution in [3.63, 3.8) is 0 Å². The average molecular weight is 398 g/mol. The van der Waals surface area contributed by atoms with Gasteiger partial charge in [0.15, 0.2) is 0 Å². The van der Waals surface area contributed by atoms with Crippen LogP contribution in [0.1, 0.15) is 17.9 Å². The molecule has 1 aliphatic heterocycles. The van der Waals surface area contributed by atoms with E-state index in [0.29, 0.717) is 18.7 Å². The Bertz CT molecular complexity index is 851. The molecule has 1 aromatic heterocycles. The first-order valence-corrected chi connectivity index (χ1v) is 8.36. The zero-order valence-electron chi connectivity index (χ0n) is 14.8. The minimum Gasteiger partial charge on any atom is -0.469 e. The average Bonchev–Trinajstić information content (AvgIpc) is 3.12. The molecule has 0 unspecified atom stereocenters. The highest BCUT2D eigenvalue weighted by molar-refractivity contribution is 5.87. The van der Waals surface area contributed by atoms with Gasteiger partial charge in [0.25, 0.3) is 0 Å². The van der Waals surface area contributed by atoms with Crippen LogP contribution in [0.2, 0.25) is 0 Å². The minimum absolute atomic E-state index is 0.114. The second-order valence-electron chi connectivity index (χ2n) is 6.14. The van der Waals surface area contributed by atoms with Crippen LogP contribution in [0.4, 0.5) is 13.2 Å². The van der Waals surface area contributed by atoms with E-state index in [0.717, 1.165) is 12.1 Å². The number of benzene rings is 1. The summed E-state index contributed by atoms with van der Waals surface area (Å²) in [6, 6.07) is 3.65. The van der Waals surface area contributed by atoms with Crippen LogP contribution in [0.3, 0.4) is 0 Å². The molecule has 1 amide bonds. The molecule has 3 rings (SSSR count). The lowest BCUT2D eigenvalue weighted by atomic mass is 10.1. The van der Waals surface area contributed by atoms with Crippen molar-refractivity contribution in [3.05, 3.63) is 35.7 Å². The van der Waals surface area contributed by atoms with Crippen LogP contribution >= 0.6 is 0 Å². The van der Waals surface area contributed by atoms with Crippen molar-refractivity contribution < 1.29 is 32.0 Å². The number of alkyl halides is 3. The Morgan fingerprint density at radius 2 is 2.07 bits per heavy atom. The minimum atomic E-state index is -4.43. The number of carbonyl (C=O) groups excluding carboxylic acids is 2. The monoisotopic (exact) mass is 398 g/mol. The third-order valence-corrected chi connectivity index (χ3v) is 4.31. The SMILES string of the molecule is COC(=O)C[C@H]1C(=O)NCCN1Cc1nc(-c2ccc(C(F)(F)F)cc2)no1. The fraction of sp³-hybridized carbons (Fsp3) is 0.412. The number of aromatic nitrogens is 2. The van der Waals surface area contributed by atoms with Crippen LogP contribution in [-0.4, -0.2) is 53.2 Å². The molecule has 0 aliphatic carbocycles. The van der Waals surface area contributed by atoms with E-state index in [1.807, 2.05) is 0 Å². The number of esters is 1. The van der Waals surface area contributed by atoms with Crippen LogP contribution in [0.25, 0.3) is 11.4 Å². The maximum atomic E-state index is 12.7. The number of ether oxygens (including phenoxy) is 1. The zero-order chi connectivity index (χ0) is 20.3. The number of rotatable bonds is 5. The Balaban J connectivity index is 1.72. The van der Waals surface area contributed by atoms with Gasteiger partial charge in [0.05, 0.1) is 25.6 Å². The summed E-state index contributed by atoms with van der Waals surface area (Å²) in [6.45, 7) is 0.977. The first kappa shape index (κ1) is 19.8. The first-order chi connectivity index (χ1) is 13.3. The molecule has 8 nitrogen and oxygen atoms in total. The summed E-state index contributed by atoms with van der Waals surface area (Å²) < 4.78 is 47.7. The summed E-state index contributed by atoms with van der Waals surface area (Å²) >= 11 is 0. The van der Waals surface area contributed by atoms with Gasteiger partial charge in [-0.3, -0.25) is 14.5 Å². The molecule has 0 spiro atoms. The molecule has 1 saturated heterocycles. The smallest absolute Gasteiger partial charge is 0.416 e. The van der Waals surface area contributed by atoms with Gasteiger partial charge in [0.1, 0.15) is 6.04 Å². The largest absolute Gasteiger partial charge is 0.469 e. The molecule has 2 heterocycles. The fourth-order valence-corrected chi connectivity index (χ4v) is 2.83. The number of amides is 1. The van der Waals surface area contributed by atoms with Crippen molar-refractivity contribution in [2.45, 2.75) is 25.2 Å². The molecule has 0 bridgehead atoms. The Hall–Kier alpha value is -2.95. The second-order valence-corrected chi connectivity index (χ2v) is 6.14. The lowest BCUT2D eigenvalue weighted by Crippen LogP contribution is -2.55. The highest BCUT2D eigenvalue weighted by atomic mass is 19.4. The Morgan fingerprint density at radius 3 is 2.71 bits per heavy atom. The highest BCUT2D eigenvalue weighted by Gasteiger charge is 2.33. The standard InChI is InChI=1S/C17H17F3N4O4/c1-27-14(25)8-12-16(26)21-6-7-24(12)9-13-22-15(23-28-13)10-2-4-11(5-3-10)17(18,19)20/h2-5,12H,6-9H2,1H3,(H,21,26)/t12-/m0/s1. The van der Waals surface area contributed by atoms with E-state index < -0.39 is 23.8 Å². The summed E-state index contributed by atoms with van der Waals surface area (Å²) in [7, 11) is 1.24. The number of carbonyl (C=O) groups is 2. The number of nitrogens with one attached hydrogen (secondary N) is 1. The molecule has 2 aromatic rings. The van der Waals surface area contributed by atoms with Gasteiger partial charge < -0.3 is 14.6 Å². The Labute approximate surface area is 157 Å². The molecule has 0 radical (unpaired) electrons. The maximum absolute atomic E-state index is 12.7. The third-order valence-electron chi connectivity index (χ3n) is 4.31. The summed E-state index contributed by atoms with van der Waals surface area (Å²) in [5.41, 5.74) is -0.407. The van der Waals surface area contributed by atoms with Gasteiger partial charge in [-0.15, -0.1) is 0 Å². The number of nitrogens with zero attached hydrogens (tertiary/aromatic N) is 3. The van der Waals surface area contributed by atoms with E-state index in [4.69, 9.17) is 4.52 Å². The molecule has 150 valence electrons. The predicted octanol–water partition coefficient (Wildman–Crippen LogP) is 1.62. The second kappa shape index (κ2) is 7.97. The van der Waals surface area contributed by atoms with Gasteiger partial charge in [-0.2, -0.15) is 18.2 Å². The van der Waals surface area contributed by atoms with Crippen LogP contribution in [0.5, 0.6) is 0 Å².